The molecule has 0 spiro atoms. The molecule has 0 bridgehead atoms. The first-order valence-electron chi connectivity index (χ1n) is 7.94. The van der Waals surface area contributed by atoms with Crippen LogP contribution in [0.1, 0.15) is 32.6 Å². The van der Waals surface area contributed by atoms with E-state index in [4.69, 9.17) is 10.5 Å². The van der Waals surface area contributed by atoms with Gasteiger partial charge in [0.1, 0.15) is 0 Å². The Morgan fingerprint density at radius 3 is 2.43 bits per heavy atom. The fraction of sp³-hybridized carbons (Fsp3) is 0.867. The van der Waals surface area contributed by atoms with E-state index in [-0.39, 0.29) is 23.9 Å². The molecule has 3 rings (SSSR count). The molecule has 2 saturated heterocycles. The molecule has 6 heteroatoms. The number of carbonyl (C=O) groups is 2. The van der Waals surface area contributed by atoms with Gasteiger partial charge in [-0.3, -0.25) is 9.59 Å². The van der Waals surface area contributed by atoms with E-state index in [9.17, 15) is 9.59 Å². The van der Waals surface area contributed by atoms with Crippen molar-refractivity contribution < 1.29 is 14.3 Å². The molecule has 3 aliphatic rings. The van der Waals surface area contributed by atoms with Crippen molar-refractivity contribution in [2.24, 2.45) is 17.1 Å². The topological polar surface area (TPSA) is 84.7 Å². The number of piperidine rings is 1. The minimum atomic E-state index is -0.624. The fourth-order valence-corrected chi connectivity index (χ4v) is 3.11. The lowest BCUT2D eigenvalue weighted by Crippen LogP contribution is -2.54. The molecular weight excluding hydrogens is 270 g/mol. The van der Waals surface area contributed by atoms with Gasteiger partial charge in [0, 0.05) is 31.1 Å². The molecule has 2 heterocycles. The number of amides is 2. The number of rotatable bonds is 3. The summed E-state index contributed by atoms with van der Waals surface area (Å²) in [6.07, 6.45) is 3.75. The predicted octanol–water partition coefficient (Wildman–Crippen LogP) is -0.133. The summed E-state index contributed by atoms with van der Waals surface area (Å²) in [7, 11) is 0. The normalized spacial score (nSPS) is 34.0. The van der Waals surface area contributed by atoms with E-state index in [1.807, 2.05) is 11.8 Å². The second-order valence-corrected chi connectivity index (χ2v) is 6.89. The van der Waals surface area contributed by atoms with Gasteiger partial charge >= 0.3 is 0 Å². The molecule has 2 unspecified atom stereocenters. The highest BCUT2D eigenvalue weighted by Crippen LogP contribution is 2.32. The molecule has 1 saturated carbocycles. The van der Waals surface area contributed by atoms with Gasteiger partial charge in [0.05, 0.1) is 18.6 Å². The molecule has 3 N–H and O–H groups in total. The van der Waals surface area contributed by atoms with Gasteiger partial charge in [0.25, 0.3) is 0 Å². The van der Waals surface area contributed by atoms with E-state index in [2.05, 4.69) is 5.32 Å². The summed E-state index contributed by atoms with van der Waals surface area (Å²) >= 11 is 0. The summed E-state index contributed by atoms with van der Waals surface area (Å²) in [6, 6.07) is -0.0978. The van der Waals surface area contributed by atoms with Gasteiger partial charge in [-0.1, -0.05) is 0 Å². The highest BCUT2D eigenvalue weighted by atomic mass is 16.5. The van der Waals surface area contributed by atoms with Crippen LogP contribution in [0.4, 0.5) is 0 Å². The monoisotopic (exact) mass is 295 g/mol. The van der Waals surface area contributed by atoms with Crippen molar-refractivity contribution in [1.29, 1.82) is 0 Å². The number of ether oxygens (including phenoxy) is 1. The third-order valence-corrected chi connectivity index (χ3v) is 5.10. The molecule has 2 aliphatic heterocycles. The van der Waals surface area contributed by atoms with Crippen LogP contribution >= 0.6 is 0 Å². The Morgan fingerprint density at radius 1 is 1.24 bits per heavy atom. The van der Waals surface area contributed by atoms with Gasteiger partial charge in [-0.15, -0.1) is 0 Å². The van der Waals surface area contributed by atoms with Gasteiger partial charge < -0.3 is 20.7 Å². The molecule has 2 atom stereocenters. The second kappa shape index (κ2) is 5.57. The highest BCUT2D eigenvalue weighted by Gasteiger charge is 2.45. The first-order chi connectivity index (χ1) is 10.0. The molecule has 0 aromatic rings. The molecule has 0 aromatic carbocycles. The number of nitrogens with one attached hydrogen (secondary N) is 1. The molecule has 3 fully saturated rings. The minimum absolute atomic E-state index is 0.0144. The maximum absolute atomic E-state index is 12.4. The van der Waals surface area contributed by atoms with Gasteiger partial charge in [0.15, 0.2) is 0 Å². The van der Waals surface area contributed by atoms with Crippen LogP contribution in [-0.2, 0) is 14.3 Å². The van der Waals surface area contributed by atoms with E-state index in [0.717, 1.165) is 38.8 Å². The van der Waals surface area contributed by atoms with Crippen molar-refractivity contribution in [3.8, 4) is 0 Å². The van der Waals surface area contributed by atoms with E-state index in [0.29, 0.717) is 19.1 Å². The number of nitrogens with zero attached hydrogens (tertiary/aromatic N) is 1. The van der Waals surface area contributed by atoms with Crippen LogP contribution in [0, 0.1) is 11.3 Å². The Kier molecular flexibility index (Phi) is 3.92. The van der Waals surface area contributed by atoms with Crippen molar-refractivity contribution in [3.63, 3.8) is 0 Å². The van der Waals surface area contributed by atoms with Crippen molar-refractivity contribution in [2.75, 3.05) is 26.3 Å². The molecule has 21 heavy (non-hydrogen) atoms. The van der Waals surface area contributed by atoms with Gasteiger partial charge in [0.2, 0.25) is 11.8 Å². The zero-order valence-electron chi connectivity index (χ0n) is 12.6. The highest BCUT2D eigenvalue weighted by molar-refractivity contribution is 5.84. The van der Waals surface area contributed by atoms with E-state index in [1.165, 1.54) is 0 Å². The van der Waals surface area contributed by atoms with Crippen LogP contribution in [-0.4, -0.2) is 55.1 Å². The largest absolute Gasteiger partial charge is 0.379 e. The van der Waals surface area contributed by atoms with Crippen LogP contribution < -0.4 is 11.1 Å². The quantitative estimate of drug-likeness (QED) is 0.759. The van der Waals surface area contributed by atoms with Crippen LogP contribution in [0.15, 0.2) is 0 Å². The summed E-state index contributed by atoms with van der Waals surface area (Å²) in [6.45, 7) is 4.20. The Labute approximate surface area is 125 Å². The average molecular weight is 295 g/mol. The molecule has 0 radical (unpaired) electrons. The maximum Gasteiger partial charge on any atom is 0.230 e. The van der Waals surface area contributed by atoms with Gasteiger partial charge in [-0.2, -0.15) is 0 Å². The number of likely N-dealkylation sites (tertiary alicyclic amines) is 1. The first kappa shape index (κ1) is 14.8. The summed E-state index contributed by atoms with van der Waals surface area (Å²) in [5.74, 6) is 0.570. The van der Waals surface area contributed by atoms with Crippen molar-refractivity contribution >= 4 is 11.8 Å². The lowest BCUT2D eigenvalue weighted by atomic mass is 9.84. The third-order valence-electron chi connectivity index (χ3n) is 5.10. The summed E-state index contributed by atoms with van der Waals surface area (Å²) in [4.78, 5) is 26.4. The van der Waals surface area contributed by atoms with Crippen LogP contribution in [0.2, 0.25) is 0 Å². The van der Waals surface area contributed by atoms with Gasteiger partial charge in [-0.25, -0.2) is 0 Å². The lowest BCUT2D eigenvalue weighted by molar-refractivity contribution is -0.134. The predicted molar refractivity (Wildman–Crippen MR) is 77.4 cm³/mol. The van der Waals surface area contributed by atoms with E-state index in [1.54, 1.807) is 0 Å². The number of carbonyl (C=O) groups excluding carboxylic acids is 2. The first-order valence-corrected chi connectivity index (χ1v) is 7.94. The van der Waals surface area contributed by atoms with Crippen LogP contribution in [0.5, 0.6) is 0 Å². The maximum atomic E-state index is 12.4. The second-order valence-electron chi connectivity index (χ2n) is 6.89. The van der Waals surface area contributed by atoms with Crippen LogP contribution in [0.25, 0.3) is 0 Å². The van der Waals surface area contributed by atoms with Crippen molar-refractivity contribution in [2.45, 2.75) is 44.7 Å². The smallest absolute Gasteiger partial charge is 0.230 e. The van der Waals surface area contributed by atoms with E-state index >= 15 is 0 Å². The molecule has 0 aromatic heterocycles. The molecule has 6 nitrogen and oxygen atoms in total. The third kappa shape index (κ3) is 2.92. The molecule has 1 aliphatic carbocycles. The Hall–Kier alpha value is -1.14. The minimum Gasteiger partial charge on any atom is -0.379 e. The number of hydrogen-bond donors (Lipinski definition) is 2. The standard InChI is InChI=1S/C15H25N3O3/c1-15(9-21-8-12(15)16)14(20)17-11-4-6-18(7-5-11)13(19)10-2-3-10/h10-12H,2-9,16H2,1H3,(H,17,20). The zero-order valence-corrected chi connectivity index (χ0v) is 12.6. The summed E-state index contributed by atoms with van der Waals surface area (Å²) < 4.78 is 5.33. The number of hydrogen-bond acceptors (Lipinski definition) is 4. The molecular formula is C15H25N3O3. The van der Waals surface area contributed by atoms with Crippen LogP contribution in [0.3, 0.4) is 0 Å². The summed E-state index contributed by atoms with van der Waals surface area (Å²) in [5, 5.41) is 3.10. The van der Waals surface area contributed by atoms with Crippen molar-refractivity contribution in [3.05, 3.63) is 0 Å². The molecule has 118 valence electrons. The van der Waals surface area contributed by atoms with Gasteiger partial charge in [-0.05, 0) is 32.6 Å². The Bertz CT molecular complexity index is 430. The Balaban J connectivity index is 1.48. The SMILES string of the molecule is CC1(C(=O)NC2CCN(C(=O)C3CC3)CC2)COCC1N. The average Bonchev–Trinajstić information content (AvgIpc) is 3.26. The summed E-state index contributed by atoms with van der Waals surface area (Å²) in [5.41, 5.74) is 5.36. The molecule has 2 amide bonds. The zero-order chi connectivity index (χ0) is 15.0. The lowest BCUT2D eigenvalue weighted by Gasteiger charge is -2.35. The Morgan fingerprint density at radius 2 is 1.90 bits per heavy atom. The fourth-order valence-electron chi connectivity index (χ4n) is 3.11. The van der Waals surface area contributed by atoms with Crippen molar-refractivity contribution in [1.82, 2.24) is 10.2 Å². The number of nitrogens with two attached hydrogens (primary N) is 1. The van der Waals surface area contributed by atoms with E-state index < -0.39 is 5.41 Å².